The molecule has 0 aliphatic carbocycles. The van der Waals surface area contributed by atoms with Gasteiger partial charge in [0.1, 0.15) is 11.5 Å². The number of H-pyrrole nitrogens is 1. The summed E-state index contributed by atoms with van der Waals surface area (Å²) in [6.45, 7) is 0.933. The van der Waals surface area contributed by atoms with Crippen molar-refractivity contribution in [2.75, 3.05) is 34.5 Å². The Kier molecular flexibility index (Phi) is 5.90. The number of fused-ring (bicyclic) bond motifs is 1. The minimum atomic E-state index is -0.595. The Bertz CT molecular complexity index is 1100. The van der Waals surface area contributed by atoms with Crippen molar-refractivity contribution < 1.29 is 23.4 Å². The molecule has 3 aromatic rings. The minimum Gasteiger partial charge on any atom is -0.493 e. The highest BCUT2D eigenvalue weighted by atomic mass is 19.1. The summed E-state index contributed by atoms with van der Waals surface area (Å²) in [5, 5.41) is 7.28. The number of carbonyl (C=O) groups is 1. The lowest BCUT2D eigenvalue weighted by molar-refractivity contribution is 0.0721. The first kappa shape index (κ1) is 20.9. The molecule has 1 unspecified atom stereocenters. The topological polar surface area (TPSA) is 76.7 Å². The number of hydrogen-bond acceptors (Lipinski definition) is 5. The molecule has 0 fully saturated rings. The number of aromatic nitrogens is 2. The summed E-state index contributed by atoms with van der Waals surface area (Å²) in [4.78, 5) is 14.9. The average molecular weight is 425 g/mol. The summed E-state index contributed by atoms with van der Waals surface area (Å²) in [5.74, 6) is 0.546. The van der Waals surface area contributed by atoms with Gasteiger partial charge >= 0.3 is 0 Å². The van der Waals surface area contributed by atoms with Gasteiger partial charge in [-0.3, -0.25) is 9.89 Å². The van der Waals surface area contributed by atoms with Crippen molar-refractivity contribution in [3.8, 4) is 22.8 Å². The number of methoxy groups -OCH3 is 3. The van der Waals surface area contributed by atoms with Gasteiger partial charge in [0.25, 0.3) is 5.91 Å². The average Bonchev–Trinajstić information content (AvgIpc) is 3.33. The number of hydrogen-bond donors (Lipinski definition) is 1. The van der Waals surface area contributed by atoms with Crippen LogP contribution in [0.15, 0.2) is 42.5 Å². The zero-order valence-electron chi connectivity index (χ0n) is 17.6. The number of carbonyl (C=O) groups excluding carboxylic acids is 1. The summed E-state index contributed by atoms with van der Waals surface area (Å²) >= 11 is 0. The molecular weight excluding hydrogens is 401 g/mol. The van der Waals surface area contributed by atoms with E-state index in [2.05, 4.69) is 10.2 Å². The van der Waals surface area contributed by atoms with E-state index >= 15 is 0 Å². The number of aromatic amines is 1. The van der Waals surface area contributed by atoms with Crippen LogP contribution in [0.5, 0.6) is 11.5 Å². The molecule has 1 atom stereocenters. The highest BCUT2D eigenvalue weighted by molar-refractivity contribution is 6.00. The number of amides is 1. The van der Waals surface area contributed by atoms with Crippen LogP contribution in [0.1, 0.15) is 34.1 Å². The van der Waals surface area contributed by atoms with Crippen LogP contribution in [-0.4, -0.2) is 55.5 Å². The van der Waals surface area contributed by atoms with Crippen molar-refractivity contribution >= 4 is 5.91 Å². The molecule has 0 radical (unpaired) electrons. The predicted molar refractivity (Wildman–Crippen MR) is 113 cm³/mol. The molecule has 1 N–H and O–H groups in total. The number of benzene rings is 2. The first-order chi connectivity index (χ1) is 15.1. The molecule has 1 amide bonds. The van der Waals surface area contributed by atoms with Crippen LogP contribution < -0.4 is 9.47 Å². The molecule has 162 valence electrons. The van der Waals surface area contributed by atoms with Gasteiger partial charge in [-0.05, 0) is 30.7 Å². The van der Waals surface area contributed by atoms with E-state index in [1.54, 1.807) is 56.6 Å². The Morgan fingerprint density at radius 1 is 1.10 bits per heavy atom. The van der Waals surface area contributed by atoms with Gasteiger partial charge in [0.2, 0.25) is 0 Å². The molecule has 1 aliphatic heterocycles. The number of ether oxygens (including phenoxy) is 3. The van der Waals surface area contributed by atoms with Gasteiger partial charge in [-0.25, -0.2) is 4.39 Å². The normalized spacial score (nSPS) is 15.3. The van der Waals surface area contributed by atoms with Crippen LogP contribution >= 0.6 is 0 Å². The molecule has 2 aromatic carbocycles. The molecule has 7 nitrogen and oxygen atoms in total. The molecule has 0 saturated carbocycles. The van der Waals surface area contributed by atoms with E-state index in [1.165, 1.54) is 6.07 Å². The third kappa shape index (κ3) is 3.63. The lowest BCUT2D eigenvalue weighted by Gasteiger charge is -2.26. The quantitative estimate of drug-likeness (QED) is 0.556. The van der Waals surface area contributed by atoms with Crippen molar-refractivity contribution in [1.82, 2.24) is 15.1 Å². The maximum Gasteiger partial charge on any atom is 0.273 e. The van der Waals surface area contributed by atoms with Crippen molar-refractivity contribution in [1.29, 1.82) is 0 Å². The number of nitrogens with one attached hydrogen (secondary N) is 1. The van der Waals surface area contributed by atoms with Gasteiger partial charge in [-0.1, -0.05) is 18.2 Å². The zero-order valence-corrected chi connectivity index (χ0v) is 17.6. The van der Waals surface area contributed by atoms with Crippen molar-refractivity contribution in [3.63, 3.8) is 0 Å². The van der Waals surface area contributed by atoms with Crippen molar-refractivity contribution in [3.05, 3.63) is 65.1 Å². The highest BCUT2D eigenvalue weighted by Crippen LogP contribution is 2.44. The van der Waals surface area contributed by atoms with E-state index in [4.69, 9.17) is 14.2 Å². The Morgan fingerprint density at radius 3 is 2.58 bits per heavy atom. The SMILES string of the molecule is COCCCN1C(=O)c2[nH]nc(-c3ccc(OC)c(OC)c3)c2C1c1ccccc1F. The molecule has 1 aliphatic rings. The third-order valence-corrected chi connectivity index (χ3v) is 5.47. The van der Waals surface area contributed by atoms with Gasteiger partial charge < -0.3 is 19.1 Å². The number of rotatable bonds is 8. The van der Waals surface area contributed by atoms with Gasteiger partial charge in [0.05, 0.1) is 26.0 Å². The standard InChI is InChI=1S/C23H24FN3O4/c1-29-12-6-11-27-22(15-7-4-5-8-16(15)24)19-20(25-26-21(19)23(27)28)14-9-10-17(30-2)18(13-14)31-3/h4-5,7-10,13,22H,6,11-12H2,1-3H3,(H,25,26). The van der Waals surface area contributed by atoms with E-state index in [9.17, 15) is 9.18 Å². The molecule has 2 heterocycles. The van der Waals surface area contributed by atoms with Crippen LogP contribution in [0.2, 0.25) is 0 Å². The van der Waals surface area contributed by atoms with Gasteiger partial charge in [0.15, 0.2) is 11.5 Å². The summed E-state index contributed by atoms with van der Waals surface area (Å²) in [6.07, 6.45) is 0.636. The first-order valence-electron chi connectivity index (χ1n) is 9.95. The smallest absolute Gasteiger partial charge is 0.273 e. The summed E-state index contributed by atoms with van der Waals surface area (Å²) < 4.78 is 30.7. The lowest BCUT2D eigenvalue weighted by Crippen LogP contribution is -2.31. The number of nitrogens with zero attached hydrogens (tertiary/aromatic N) is 2. The molecule has 0 spiro atoms. The second-order valence-electron chi connectivity index (χ2n) is 7.20. The molecule has 0 bridgehead atoms. The lowest BCUT2D eigenvalue weighted by atomic mass is 9.95. The van der Waals surface area contributed by atoms with Crippen LogP contribution in [0.3, 0.4) is 0 Å². The van der Waals surface area contributed by atoms with E-state index in [-0.39, 0.29) is 11.7 Å². The van der Waals surface area contributed by atoms with Crippen LogP contribution in [0, 0.1) is 5.82 Å². The summed E-state index contributed by atoms with van der Waals surface area (Å²) in [6, 6.07) is 11.3. The van der Waals surface area contributed by atoms with Crippen LogP contribution in [-0.2, 0) is 4.74 Å². The molecule has 4 rings (SSSR count). The molecule has 1 aromatic heterocycles. The van der Waals surface area contributed by atoms with Crippen LogP contribution in [0.4, 0.5) is 4.39 Å². The Balaban J connectivity index is 1.84. The van der Waals surface area contributed by atoms with E-state index < -0.39 is 6.04 Å². The first-order valence-corrected chi connectivity index (χ1v) is 9.95. The second kappa shape index (κ2) is 8.77. The van der Waals surface area contributed by atoms with E-state index in [1.807, 2.05) is 6.07 Å². The zero-order chi connectivity index (χ0) is 22.0. The maximum absolute atomic E-state index is 14.9. The third-order valence-electron chi connectivity index (χ3n) is 5.47. The fourth-order valence-electron chi connectivity index (χ4n) is 4.03. The van der Waals surface area contributed by atoms with Gasteiger partial charge in [-0.15, -0.1) is 0 Å². The predicted octanol–water partition coefficient (Wildman–Crippen LogP) is 3.81. The van der Waals surface area contributed by atoms with Gasteiger partial charge in [0, 0.05) is 37.0 Å². The monoisotopic (exact) mass is 425 g/mol. The molecular formula is C23H24FN3O4. The Hall–Kier alpha value is -3.39. The molecule has 0 saturated heterocycles. The van der Waals surface area contributed by atoms with Gasteiger partial charge in [-0.2, -0.15) is 5.10 Å². The Labute approximate surface area is 179 Å². The largest absolute Gasteiger partial charge is 0.493 e. The van der Waals surface area contributed by atoms with E-state index in [0.717, 1.165) is 5.56 Å². The fraction of sp³-hybridized carbons (Fsp3) is 0.304. The van der Waals surface area contributed by atoms with Crippen molar-refractivity contribution in [2.45, 2.75) is 12.5 Å². The number of halogens is 1. The fourth-order valence-corrected chi connectivity index (χ4v) is 4.03. The van der Waals surface area contributed by atoms with Crippen LogP contribution in [0.25, 0.3) is 11.3 Å². The summed E-state index contributed by atoms with van der Waals surface area (Å²) in [7, 11) is 4.73. The maximum atomic E-state index is 14.9. The molecule has 8 heteroatoms. The second-order valence-corrected chi connectivity index (χ2v) is 7.20. The minimum absolute atomic E-state index is 0.210. The van der Waals surface area contributed by atoms with E-state index in [0.29, 0.717) is 53.6 Å². The Morgan fingerprint density at radius 2 is 1.87 bits per heavy atom. The molecule has 31 heavy (non-hydrogen) atoms. The highest BCUT2D eigenvalue weighted by Gasteiger charge is 2.42. The van der Waals surface area contributed by atoms with Crippen molar-refractivity contribution in [2.24, 2.45) is 0 Å². The summed E-state index contributed by atoms with van der Waals surface area (Å²) in [5.41, 5.74) is 2.76.